The van der Waals surface area contributed by atoms with Gasteiger partial charge in [0.15, 0.2) is 0 Å². The summed E-state index contributed by atoms with van der Waals surface area (Å²) in [7, 11) is 1.92. The quantitative estimate of drug-likeness (QED) is 0.823. The zero-order chi connectivity index (χ0) is 13.0. The van der Waals surface area contributed by atoms with Crippen molar-refractivity contribution in [2.75, 3.05) is 25.0 Å². The third kappa shape index (κ3) is 3.59. The van der Waals surface area contributed by atoms with Crippen LogP contribution < -0.4 is 10.2 Å². The lowest BCUT2D eigenvalue weighted by Crippen LogP contribution is -2.27. The highest BCUT2D eigenvalue weighted by Gasteiger charge is 2.24. The lowest BCUT2D eigenvalue weighted by molar-refractivity contribution is 0.693. The fourth-order valence-electron chi connectivity index (χ4n) is 2.12. The highest BCUT2D eigenvalue weighted by molar-refractivity contribution is 6.31. The van der Waals surface area contributed by atoms with Crippen LogP contribution in [0.25, 0.3) is 0 Å². The number of pyridine rings is 1. The summed E-state index contributed by atoms with van der Waals surface area (Å²) in [6.07, 6.45) is 3.90. The molecule has 1 aromatic heterocycles. The Bertz CT molecular complexity index is 391. The molecule has 1 aliphatic carbocycles. The first kappa shape index (κ1) is 13.6. The second-order valence-electron chi connectivity index (χ2n) is 5.02. The van der Waals surface area contributed by atoms with Crippen molar-refractivity contribution in [3.8, 4) is 0 Å². The zero-order valence-corrected chi connectivity index (χ0v) is 12.0. The number of anilines is 1. The Hall–Kier alpha value is -0.800. The maximum atomic E-state index is 6.15. The molecule has 18 heavy (non-hydrogen) atoms. The summed E-state index contributed by atoms with van der Waals surface area (Å²) in [6.45, 7) is 5.14. The highest BCUT2D eigenvalue weighted by Crippen LogP contribution is 2.31. The summed E-state index contributed by atoms with van der Waals surface area (Å²) < 4.78 is 0. The molecule has 1 aromatic rings. The van der Waals surface area contributed by atoms with Crippen molar-refractivity contribution in [3.63, 3.8) is 0 Å². The van der Waals surface area contributed by atoms with E-state index >= 15 is 0 Å². The van der Waals surface area contributed by atoms with Gasteiger partial charge in [-0.3, -0.25) is 0 Å². The van der Waals surface area contributed by atoms with Gasteiger partial charge in [-0.1, -0.05) is 18.5 Å². The van der Waals surface area contributed by atoms with Gasteiger partial charge < -0.3 is 10.2 Å². The summed E-state index contributed by atoms with van der Waals surface area (Å²) in [5.74, 6) is 1.94. The van der Waals surface area contributed by atoms with Crippen molar-refractivity contribution < 1.29 is 0 Å². The van der Waals surface area contributed by atoms with E-state index in [0.29, 0.717) is 0 Å². The largest absolute Gasteiger partial charge is 0.356 e. The molecule has 0 atom stereocenters. The van der Waals surface area contributed by atoms with Crippen molar-refractivity contribution in [2.45, 2.75) is 32.7 Å². The fourth-order valence-corrected chi connectivity index (χ4v) is 2.29. The van der Waals surface area contributed by atoms with E-state index in [9.17, 15) is 0 Å². The SMILES string of the molecule is CCCN(CC1CC1)c1ccc(Cl)c(CNC)n1. The van der Waals surface area contributed by atoms with Gasteiger partial charge in [0.05, 0.1) is 10.7 Å². The van der Waals surface area contributed by atoms with Crippen LogP contribution in [0.1, 0.15) is 31.9 Å². The van der Waals surface area contributed by atoms with E-state index in [1.807, 2.05) is 19.2 Å². The van der Waals surface area contributed by atoms with Gasteiger partial charge in [0.2, 0.25) is 0 Å². The van der Waals surface area contributed by atoms with E-state index in [1.165, 1.54) is 12.8 Å². The van der Waals surface area contributed by atoms with Gasteiger partial charge in [-0.2, -0.15) is 0 Å². The molecule has 1 fully saturated rings. The maximum Gasteiger partial charge on any atom is 0.128 e. The number of nitrogens with zero attached hydrogens (tertiary/aromatic N) is 2. The normalized spacial score (nSPS) is 14.8. The van der Waals surface area contributed by atoms with E-state index in [1.54, 1.807) is 0 Å². The summed E-state index contributed by atoms with van der Waals surface area (Å²) in [5, 5.41) is 3.86. The molecule has 100 valence electrons. The van der Waals surface area contributed by atoms with Crippen LogP contribution in [0, 0.1) is 5.92 Å². The average molecular weight is 268 g/mol. The predicted molar refractivity (Wildman–Crippen MR) is 77.2 cm³/mol. The average Bonchev–Trinajstić information content (AvgIpc) is 3.16. The molecule has 2 rings (SSSR count). The first-order valence-electron chi connectivity index (χ1n) is 6.79. The van der Waals surface area contributed by atoms with E-state index in [4.69, 9.17) is 16.6 Å². The maximum absolute atomic E-state index is 6.15. The summed E-state index contributed by atoms with van der Waals surface area (Å²) in [4.78, 5) is 7.09. The zero-order valence-electron chi connectivity index (χ0n) is 11.2. The molecule has 0 spiro atoms. The first-order valence-corrected chi connectivity index (χ1v) is 7.17. The predicted octanol–water partition coefficient (Wildman–Crippen LogP) is 3.08. The molecule has 4 heteroatoms. The first-order chi connectivity index (χ1) is 8.74. The molecule has 1 heterocycles. The number of hydrogen-bond donors (Lipinski definition) is 1. The molecule has 1 N–H and O–H groups in total. The minimum Gasteiger partial charge on any atom is -0.356 e. The van der Waals surface area contributed by atoms with Crippen molar-refractivity contribution in [3.05, 3.63) is 22.8 Å². The number of nitrogens with one attached hydrogen (secondary N) is 1. The Morgan fingerprint density at radius 3 is 2.83 bits per heavy atom. The molecule has 0 radical (unpaired) electrons. The number of hydrogen-bond acceptors (Lipinski definition) is 3. The highest BCUT2D eigenvalue weighted by atomic mass is 35.5. The van der Waals surface area contributed by atoms with Crippen molar-refractivity contribution >= 4 is 17.4 Å². The second-order valence-corrected chi connectivity index (χ2v) is 5.42. The van der Waals surface area contributed by atoms with Crippen LogP contribution in [0.5, 0.6) is 0 Å². The summed E-state index contributed by atoms with van der Waals surface area (Å²) in [6, 6.07) is 4.01. The number of aromatic nitrogens is 1. The molecule has 0 amide bonds. The number of rotatable bonds is 7. The minimum atomic E-state index is 0.718. The monoisotopic (exact) mass is 267 g/mol. The van der Waals surface area contributed by atoms with Gasteiger partial charge >= 0.3 is 0 Å². The Morgan fingerprint density at radius 1 is 1.44 bits per heavy atom. The van der Waals surface area contributed by atoms with Crippen LogP contribution in [0.2, 0.25) is 5.02 Å². The van der Waals surface area contributed by atoms with E-state index in [-0.39, 0.29) is 0 Å². The van der Waals surface area contributed by atoms with Gasteiger partial charge in [0, 0.05) is 19.6 Å². The Kier molecular flexibility index (Phi) is 4.84. The van der Waals surface area contributed by atoms with Crippen molar-refractivity contribution in [1.82, 2.24) is 10.3 Å². The Balaban J connectivity index is 2.14. The van der Waals surface area contributed by atoms with Crippen molar-refractivity contribution in [2.24, 2.45) is 5.92 Å². The van der Waals surface area contributed by atoms with E-state index in [2.05, 4.69) is 17.1 Å². The van der Waals surface area contributed by atoms with Crippen LogP contribution in [0.4, 0.5) is 5.82 Å². The molecule has 0 saturated heterocycles. The molecule has 1 saturated carbocycles. The molecule has 0 unspecified atom stereocenters. The smallest absolute Gasteiger partial charge is 0.128 e. The lowest BCUT2D eigenvalue weighted by Gasteiger charge is -2.24. The van der Waals surface area contributed by atoms with Gasteiger partial charge in [0.1, 0.15) is 5.82 Å². The third-order valence-corrected chi connectivity index (χ3v) is 3.59. The molecule has 1 aliphatic rings. The molecular formula is C14H22ClN3. The molecular weight excluding hydrogens is 246 g/mol. The van der Waals surface area contributed by atoms with E-state index in [0.717, 1.165) is 48.5 Å². The van der Waals surface area contributed by atoms with Crippen LogP contribution in [-0.4, -0.2) is 25.1 Å². The van der Waals surface area contributed by atoms with Crippen LogP contribution in [-0.2, 0) is 6.54 Å². The van der Waals surface area contributed by atoms with Crippen LogP contribution in [0.15, 0.2) is 12.1 Å². The molecule has 0 aromatic carbocycles. The van der Waals surface area contributed by atoms with Gasteiger partial charge in [0.25, 0.3) is 0 Å². The summed E-state index contributed by atoms with van der Waals surface area (Å²) in [5.41, 5.74) is 0.938. The summed E-state index contributed by atoms with van der Waals surface area (Å²) >= 11 is 6.15. The Morgan fingerprint density at radius 2 is 2.22 bits per heavy atom. The minimum absolute atomic E-state index is 0.718. The fraction of sp³-hybridized carbons (Fsp3) is 0.643. The Labute approximate surface area is 115 Å². The van der Waals surface area contributed by atoms with Gasteiger partial charge in [-0.05, 0) is 44.4 Å². The second kappa shape index (κ2) is 6.39. The molecule has 0 aliphatic heterocycles. The van der Waals surface area contributed by atoms with Gasteiger partial charge in [-0.25, -0.2) is 4.98 Å². The topological polar surface area (TPSA) is 28.2 Å². The standard InChI is InChI=1S/C14H22ClN3/c1-3-8-18(10-11-4-5-11)14-7-6-12(15)13(17-14)9-16-2/h6-7,11,16H,3-5,8-10H2,1-2H3. The van der Waals surface area contributed by atoms with E-state index < -0.39 is 0 Å². The molecule has 3 nitrogen and oxygen atoms in total. The van der Waals surface area contributed by atoms with Crippen LogP contribution in [0.3, 0.4) is 0 Å². The van der Waals surface area contributed by atoms with Crippen LogP contribution >= 0.6 is 11.6 Å². The molecule has 0 bridgehead atoms. The number of halogens is 1. The lowest BCUT2D eigenvalue weighted by atomic mass is 10.3. The third-order valence-electron chi connectivity index (χ3n) is 3.24. The van der Waals surface area contributed by atoms with Crippen molar-refractivity contribution in [1.29, 1.82) is 0 Å². The van der Waals surface area contributed by atoms with Gasteiger partial charge in [-0.15, -0.1) is 0 Å².